The van der Waals surface area contributed by atoms with Gasteiger partial charge in [0.1, 0.15) is 4.83 Å². The first-order valence-electron chi connectivity index (χ1n) is 10.1. The van der Waals surface area contributed by atoms with E-state index in [2.05, 4.69) is 15.9 Å². The number of fused-ring (bicyclic) bond motifs is 1. The Balaban J connectivity index is 1.85. The molecule has 0 aliphatic carbocycles. The molecule has 0 radical (unpaired) electrons. The molecule has 3 rings (SSSR count). The van der Waals surface area contributed by atoms with E-state index >= 15 is 0 Å². The van der Waals surface area contributed by atoms with E-state index in [0.29, 0.717) is 39.0 Å². The number of aliphatic hydroxyl groups excluding tert-OH is 1. The molecule has 162 valence electrons. The van der Waals surface area contributed by atoms with Crippen molar-refractivity contribution in [2.24, 2.45) is 13.0 Å². The number of thiophene rings is 1. The second-order valence-corrected chi connectivity index (χ2v) is 10.3. The predicted octanol–water partition coefficient (Wildman–Crippen LogP) is 3.54. The van der Waals surface area contributed by atoms with Gasteiger partial charge in [-0.15, -0.1) is 11.3 Å². The lowest BCUT2D eigenvalue weighted by atomic mass is 10.00. The molecule has 2 unspecified atom stereocenters. The molecular weight excluding hydrogens is 460 g/mol. The van der Waals surface area contributed by atoms with Crippen LogP contribution in [0.3, 0.4) is 0 Å². The monoisotopic (exact) mass is 488 g/mol. The number of hydrogen-bond acceptors (Lipinski definition) is 6. The van der Waals surface area contributed by atoms with Gasteiger partial charge in [-0.25, -0.2) is 4.79 Å². The number of ether oxygens (including phenoxy) is 2. The maximum absolute atomic E-state index is 13.2. The van der Waals surface area contributed by atoms with Crippen molar-refractivity contribution in [3.8, 4) is 0 Å². The third kappa shape index (κ3) is 5.02. The summed E-state index contributed by atoms with van der Waals surface area (Å²) in [6, 6.07) is 0. The third-order valence-electron chi connectivity index (χ3n) is 5.16. The fraction of sp³-hybridized carbons (Fsp3) is 0.700. The molecule has 1 N–H and O–H groups in total. The SMILES string of the molecule is CC(C)CC(O)c1c(Br)sc2c1c(=O)n(CCCOC1CCCCO1)c(=O)n2C. The summed E-state index contributed by atoms with van der Waals surface area (Å²) in [6.45, 7) is 5.46. The molecule has 0 aromatic carbocycles. The zero-order valence-corrected chi connectivity index (χ0v) is 19.6. The highest BCUT2D eigenvalue weighted by molar-refractivity contribution is 9.11. The molecule has 29 heavy (non-hydrogen) atoms. The van der Waals surface area contributed by atoms with Crippen LogP contribution in [0.2, 0.25) is 0 Å². The summed E-state index contributed by atoms with van der Waals surface area (Å²) < 4.78 is 14.7. The molecule has 0 amide bonds. The van der Waals surface area contributed by atoms with Gasteiger partial charge in [0, 0.05) is 25.8 Å². The zero-order valence-electron chi connectivity index (χ0n) is 17.1. The maximum atomic E-state index is 13.2. The van der Waals surface area contributed by atoms with Crippen LogP contribution in [-0.2, 0) is 23.1 Å². The second-order valence-electron chi connectivity index (χ2n) is 7.93. The first-order valence-corrected chi connectivity index (χ1v) is 11.7. The molecule has 7 nitrogen and oxygen atoms in total. The first kappa shape index (κ1) is 22.7. The second kappa shape index (κ2) is 9.87. The fourth-order valence-electron chi connectivity index (χ4n) is 3.68. The number of aryl methyl sites for hydroxylation is 1. The highest BCUT2D eigenvalue weighted by atomic mass is 79.9. The van der Waals surface area contributed by atoms with E-state index in [-0.39, 0.29) is 30.0 Å². The molecule has 9 heteroatoms. The largest absolute Gasteiger partial charge is 0.388 e. The lowest BCUT2D eigenvalue weighted by Crippen LogP contribution is -2.39. The Kier molecular flexibility index (Phi) is 7.72. The van der Waals surface area contributed by atoms with Crippen molar-refractivity contribution < 1.29 is 14.6 Å². The van der Waals surface area contributed by atoms with Crippen molar-refractivity contribution >= 4 is 37.5 Å². The number of hydrogen-bond donors (Lipinski definition) is 1. The number of nitrogens with zero attached hydrogens (tertiary/aromatic N) is 2. The van der Waals surface area contributed by atoms with Crippen LogP contribution in [0.15, 0.2) is 13.4 Å². The molecule has 1 aliphatic heterocycles. The fourth-order valence-corrected chi connectivity index (χ4v) is 5.63. The lowest BCUT2D eigenvalue weighted by molar-refractivity contribution is -0.163. The summed E-state index contributed by atoms with van der Waals surface area (Å²) in [6.07, 6.45) is 3.17. The molecule has 1 aliphatic rings. The quantitative estimate of drug-likeness (QED) is 0.574. The number of aliphatic hydroxyl groups is 1. The van der Waals surface area contributed by atoms with Crippen molar-refractivity contribution in [2.45, 2.75) is 64.9 Å². The number of rotatable bonds is 8. The van der Waals surface area contributed by atoms with Crippen molar-refractivity contribution in [3.63, 3.8) is 0 Å². The van der Waals surface area contributed by atoms with Gasteiger partial charge in [0.15, 0.2) is 6.29 Å². The van der Waals surface area contributed by atoms with Crippen LogP contribution in [-0.4, -0.2) is 33.7 Å². The highest BCUT2D eigenvalue weighted by Gasteiger charge is 2.25. The predicted molar refractivity (Wildman–Crippen MR) is 118 cm³/mol. The zero-order chi connectivity index (χ0) is 21.1. The minimum atomic E-state index is -0.761. The Morgan fingerprint density at radius 2 is 2.10 bits per heavy atom. The number of aromatic nitrogens is 2. The summed E-state index contributed by atoms with van der Waals surface area (Å²) in [5, 5.41) is 11.1. The van der Waals surface area contributed by atoms with Crippen molar-refractivity contribution in [1.29, 1.82) is 0 Å². The smallest absolute Gasteiger partial charge is 0.331 e. The van der Waals surface area contributed by atoms with Crippen LogP contribution < -0.4 is 11.2 Å². The molecule has 2 aromatic rings. The van der Waals surface area contributed by atoms with Gasteiger partial charge in [-0.3, -0.25) is 13.9 Å². The van der Waals surface area contributed by atoms with Gasteiger partial charge in [0.05, 0.1) is 21.9 Å². The highest BCUT2D eigenvalue weighted by Crippen LogP contribution is 2.38. The molecule has 0 spiro atoms. The Bertz CT molecular complexity index is 958. The van der Waals surface area contributed by atoms with Crippen LogP contribution in [0.25, 0.3) is 10.2 Å². The van der Waals surface area contributed by atoms with Gasteiger partial charge < -0.3 is 14.6 Å². The molecule has 0 saturated carbocycles. The average molecular weight is 489 g/mol. The molecule has 1 saturated heterocycles. The molecule has 1 fully saturated rings. The van der Waals surface area contributed by atoms with Crippen LogP contribution in [0.5, 0.6) is 0 Å². The minimum Gasteiger partial charge on any atom is -0.388 e. The van der Waals surface area contributed by atoms with Crippen molar-refractivity contribution in [2.75, 3.05) is 13.2 Å². The van der Waals surface area contributed by atoms with Crippen LogP contribution in [0.1, 0.15) is 57.6 Å². The van der Waals surface area contributed by atoms with E-state index in [1.165, 1.54) is 20.5 Å². The molecule has 3 heterocycles. The third-order valence-corrected chi connectivity index (χ3v) is 7.14. The molecule has 2 aromatic heterocycles. The Morgan fingerprint density at radius 1 is 1.34 bits per heavy atom. The van der Waals surface area contributed by atoms with Gasteiger partial charge in [0.2, 0.25) is 0 Å². The van der Waals surface area contributed by atoms with Gasteiger partial charge >= 0.3 is 5.69 Å². The van der Waals surface area contributed by atoms with Crippen LogP contribution in [0, 0.1) is 5.92 Å². The molecular formula is C20H29BrN2O5S. The summed E-state index contributed by atoms with van der Waals surface area (Å²) in [5.41, 5.74) is -0.119. The van der Waals surface area contributed by atoms with E-state index in [4.69, 9.17) is 9.47 Å². The van der Waals surface area contributed by atoms with Gasteiger partial charge in [-0.2, -0.15) is 0 Å². The van der Waals surface area contributed by atoms with Gasteiger partial charge in [-0.05, 0) is 54.0 Å². The standard InChI is InChI=1S/C20H29BrN2O5S/c1-12(2)11-13(24)15-16-18(25)23(20(26)22(3)19(16)29-17(15)21)8-6-10-28-14-7-4-5-9-27-14/h12-14,24H,4-11H2,1-3H3. The van der Waals surface area contributed by atoms with E-state index in [1.807, 2.05) is 13.8 Å². The summed E-state index contributed by atoms with van der Waals surface area (Å²) >= 11 is 4.80. The van der Waals surface area contributed by atoms with Crippen LogP contribution in [0.4, 0.5) is 0 Å². The van der Waals surface area contributed by atoms with Crippen LogP contribution >= 0.6 is 27.3 Å². The lowest BCUT2D eigenvalue weighted by Gasteiger charge is -2.22. The van der Waals surface area contributed by atoms with E-state index in [9.17, 15) is 14.7 Å². The van der Waals surface area contributed by atoms with E-state index in [1.54, 1.807) is 7.05 Å². The minimum absolute atomic E-state index is 0.184. The van der Waals surface area contributed by atoms with Gasteiger partial charge in [0.25, 0.3) is 5.56 Å². The van der Waals surface area contributed by atoms with Crippen molar-refractivity contribution in [1.82, 2.24) is 9.13 Å². The summed E-state index contributed by atoms with van der Waals surface area (Å²) in [5.74, 6) is 0.278. The summed E-state index contributed by atoms with van der Waals surface area (Å²) in [4.78, 5) is 26.5. The number of halogens is 1. The Hall–Kier alpha value is -1.00. The summed E-state index contributed by atoms with van der Waals surface area (Å²) in [7, 11) is 1.66. The topological polar surface area (TPSA) is 82.7 Å². The maximum Gasteiger partial charge on any atom is 0.331 e. The normalized spacial score (nSPS) is 18.6. The van der Waals surface area contributed by atoms with Gasteiger partial charge in [-0.1, -0.05) is 13.8 Å². The van der Waals surface area contributed by atoms with Crippen molar-refractivity contribution in [3.05, 3.63) is 30.2 Å². The Labute approximate surface area is 182 Å². The Morgan fingerprint density at radius 3 is 2.76 bits per heavy atom. The van der Waals surface area contributed by atoms with E-state index in [0.717, 1.165) is 25.9 Å². The molecule has 0 bridgehead atoms. The first-order chi connectivity index (χ1) is 13.8. The van der Waals surface area contributed by atoms with E-state index < -0.39 is 6.10 Å². The molecule has 2 atom stereocenters. The average Bonchev–Trinajstić information content (AvgIpc) is 3.03.